The van der Waals surface area contributed by atoms with Crippen molar-refractivity contribution in [2.75, 3.05) is 6.54 Å². The van der Waals surface area contributed by atoms with E-state index in [0.29, 0.717) is 17.0 Å². The summed E-state index contributed by atoms with van der Waals surface area (Å²) in [7, 11) is 0. The van der Waals surface area contributed by atoms with Crippen molar-refractivity contribution in [3.05, 3.63) is 71.3 Å². The molecular weight excluding hydrogens is 302 g/mol. The zero-order chi connectivity index (χ0) is 16.9. The zero-order valence-corrected chi connectivity index (χ0v) is 13.4. The first-order valence-electron chi connectivity index (χ1n) is 8.31. The number of carbonyl (C=O) groups is 2. The number of hydrogen-bond acceptors (Lipinski definition) is 2. The summed E-state index contributed by atoms with van der Waals surface area (Å²) in [5.74, 6) is -1.29. The molecule has 0 aromatic heterocycles. The fraction of sp³-hybridized carbons (Fsp3) is 0.300. The maximum Gasteiger partial charge on any atom is 0.312 e. The van der Waals surface area contributed by atoms with E-state index in [4.69, 9.17) is 0 Å². The lowest BCUT2D eigenvalue weighted by molar-refractivity contribution is -0.138. The molecule has 4 heteroatoms. The van der Waals surface area contributed by atoms with Crippen molar-refractivity contribution in [1.29, 1.82) is 0 Å². The van der Waals surface area contributed by atoms with Crippen LogP contribution in [0, 0.1) is 0 Å². The van der Waals surface area contributed by atoms with Crippen LogP contribution in [0.4, 0.5) is 0 Å². The number of amides is 1. The van der Waals surface area contributed by atoms with Gasteiger partial charge in [0.15, 0.2) is 0 Å². The van der Waals surface area contributed by atoms with E-state index in [1.165, 1.54) is 24.8 Å². The molecule has 0 saturated heterocycles. The Labute approximate surface area is 141 Å². The Hall–Kier alpha value is -2.62. The second-order valence-corrected chi connectivity index (χ2v) is 6.26. The Morgan fingerprint density at radius 1 is 1.04 bits per heavy atom. The molecule has 1 amide bonds. The van der Waals surface area contributed by atoms with Crippen molar-refractivity contribution < 1.29 is 14.7 Å². The van der Waals surface area contributed by atoms with Gasteiger partial charge in [0, 0.05) is 12.1 Å². The standard InChI is InChI=1S/C20H21NO3/c22-19(17-11-9-15(10-12-17)14-7-4-8-14)21-13-18(20(23)24)16-5-2-1-3-6-16/h1-3,5-6,9-12,14,18H,4,7-8,13H2,(H,21,22)(H,23,24). The van der Waals surface area contributed by atoms with E-state index in [-0.39, 0.29) is 12.5 Å². The molecule has 2 N–H and O–H groups in total. The number of benzene rings is 2. The Morgan fingerprint density at radius 3 is 2.25 bits per heavy atom. The third kappa shape index (κ3) is 3.65. The van der Waals surface area contributed by atoms with E-state index in [1.54, 1.807) is 24.3 Å². The van der Waals surface area contributed by atoms with Gasteiger partial charge in [-0.2, -0.15) is 0 Å². The van der Waals surface area contributed by atoms with Crippen LogP contribution in [0.3, 0.4) is 0 Å². The Bertz CT molecular complexity index is 705. The van der Waals surface area contributed by atoms with E-state index in [9.17, 15) is 14.7 Å². The molecule has 0 bridgehead atoms. The molecule has 0 heterocycles. The van der Waals surface area contributed by atoms with E-state index >= 15 is 0 Å². The van der Waals surface area contributed by atoms with Crippen molar-refractivity contribution in [3.63, 3.8) is 0 Å². The monoisotopic (exact) mass is 323 g/mol. The highest BCUT2D eigenvalue weighted by atomic mass is 16.4. The van der Waals surface area contributed by atoms with Gasteiger partial charge in [-0.05, 0) is 42.0 Å². The van der Waals surface area contributed by atoms with Crippen molar-refractivity contribution >= 4 is 11.9 Å². The molecule has 0 radical (unpaired) electrons. The van der Waals surface area contributed by atoms with Crippen LogP contribution in [0.1, 0.15) is 52.6 Å². The number of aliphatic carboxylic acids is 1. The number of carboxylic acids is 1. The van der Waals surface area contributed by atoms with Gasteiger partial charge in [-0.3, -0.25) is 9.59 Å². The molecule has 0 aliphatic heterocycles. The molecule has 3 rings (SSSR count). The molecule has 1 aliphatic carbocycles. The highest BCUT2D eigenvalue weighted by Gasteiger charge is 2.21. The first-order valence-corrected chi connectivity index (χ1v) is 8.31. The average molecular weight is 323 g/mol. The fourth-order valence-corrected chi connectivity index (χ4v) is 2.98. The van der Waals surface area contributed by atoms with E-state index in [2.05, 4.69) is 5.32 Å². The minimum absolute atomic E-state index is 0.0720. The largest absolute Gasteiger partial charge is 0.481 e. The normalized spacial score (nSPS) is 15.3. The first-order chi connectivity index (χ1) is 11.6. The SMILES string of the molecule is O=C(NCC(C(=O)O)c1ccccc1)c1ccc(C2CCC2)cc1. The van der Waals surface area contributed by atoms with Crippen LogP contribution in [0.25, 0.3) is 0 Å². The number of carbonyl (C=O) groups excluding carboxylic acids is 1. The molecule has 1 aliphatic rings. The van der Waals surface area contributed by atoms with Gasteiger partial charge >= 0.3 is 5.97 Å². The highest BCUT2D eigenvalue weighted by molar-refractivity contribution is 5.94. The number of carboxylic acid groups (broad SMARTS) is 1. The van der Waals surface area contributed by atoms with Gasteiger partial charge in [0.25, 0.3) is 5.91 Å². The Balaban J connectivity index is 1.62. The number of hydrogen-bond donors (Lipinski definition) is 2. The van der Waals surface area contributed by atoms with E-state index in [0.717, 1.165) is 0 Å². The smallest absolute Gasteiger partial charge is 0.312 e. The summed E-state index contributed by atoms with van der Waals surface area (Å²) in [5, 5.41) is 12.1. The molecular formula is C20H21NO3. The van der Waals surface area contributed by atoms with E-state index in [1.807, 2.05) is 30.3 Å². The predicted octanol–water partition coefficient (Wildman–Crippen LogP) is 3.55. The predicted molar refractivity (Wildman–Crippen MR) is 92.2 cm³/mol. The molecule has 24 heavy (non-hydrogen) atoms. The molecule has 124 valence electrons. The van der Waals surface area contributed by atoms with Gasteiger partial charge in [0.05, 0.1) is 5.92 Å². The summed E-state index contributed by atoms with van der Waals surface area (Å²) in [6.45, 7) is 0.0720. The minimum Gasteiger partial charge on any atom is -0.481 e. The van der Waals surface area contributed by atoms with Gasteiger partial charge in [-0.25, -0.2) is 0 Å². The molecule has 2 aromatic carbocycles. The summed E-state index contributed by atoms with van der Waals surface area (Å²) in [6.07, 6.45) is 3.73. The summed E-state index contributed by atoms with van der Waals surface area (Å²) in [5.41, 5.74) is 2.53. The molecule has 1 saturated carbocycles. The first kappa shape index (κ1) is 16.2. The average Bonchev–Trinajstić information content (AvgIpc) is 2.54. The number of rotatable bonds is 6. The molecule has 1 atom stereocenters. The van der Waals surface area contributed by atoms with Gasteiger partial charge in [-0.15, -0.1) is 0 Å². The molecule has 1 fully saturated rings. The Kier molecular flexibility index (Phi) is 4.94. The van der Waals surface area contributed by atoms with Crippen LogP contribution in [0.15, 0.2) is 54.6 Å². The van der Waals surface area contributed by atoms with Crippen molar-refractivity contribution in [2.24, 2.45) is 0 Å². The number of nitrogens with one attached hydrogen (secondary N) is 1. The highest BCUT2D eigenvalue weighted by Crippen LogP contribution is 2.36. The summed E-state index contributed by atoms with van der Waals surface area (Å²) >= 11 is 0. The molecule has 0 spiro atoms. The van der Waals surface area contributed by atoms with Gasteiger partial charge in [0.1, 0.15) is 0 Å². The minimum atomic E-state index is -0.943. The summed E-state index contributed by atoms with van der Waals surface area (Å²) < 4.78 is 0. The van der Waals surface area contributed by atoms with Gasteiger partial charge in [0.2, 0.25) is 0 Å². The summed E-state index contributed by atoms with van der Waals surface area (Å²) in [6, 6.07) is 16.6. The lowest BCUT2D eigenvalue weighted by Gasteiger charge is -2.25. The lowest BCUT2D eigenvalue weighted by Crippen LogP contribution is -2.31. The second-order valence-electron chi connectivity index (χ2n) is 6.26. The van der Waals surface area contributed by atoms with Crippen LogP contribution >= 0.6 is 0 Å². The Morgan fingerprint density at radius 2 is 1.71 bits per heavy atom. The van der Waals surface area contributed by atoms with Crippen LogP contribution in [0.5, 0.6) is 0 Å². The lowest BCUT2D eigenvalue weighted by atomic mass is 9.80. The maximum absolute atomic E-state index is 12.3. The maximum atomic E-state index is 12.3. The van der Waals surface area contributed by atoms with Gasteiger partial charge in [-0.1, -0.05) is 48.9 Å². The third-order valence-corrected chi connectivity index (χ3v) is 4.72. The van der Waals surface area contributed by atoms with Crippen molar-refractivity contribution in [3.8, 4) is 0 Å². The molecule has 4 nitrogen and oxygen atoms in total. The summed E-state index contributed by atoms with van der Waals surface area (Å²) in [4.78, 5) is 23.7. The van der Waals surface area contributed by atoms with Crippen molar-refractivity contribution in [2.45, 2.75) is 31.1 Å². The van der Waals surface area contributed by atoms with E-state index < -0.39 is 11.9 Å². The fourth-order valence-electron chi connectivity index (χ4n) is 2.98. The second kappa shape index (κ2) is 7.30. The molecule has 2 aromatic rings. The van der Waals surface area contributed by atoms with Crippen LogP contribution in [-0.4, -0.2) is 23.5 Å². The zero-order valence-electron chi connectivity index (χ0n) is 13.4. The van der Waals surface area contributed by atoms with Crippen molar-refractivity contribution in [1.82, 2.24) is 5.32 Å². The van der Waals surface area contributed by atoms with Gasteiger partial charge < -0.3 is 10.4 Å². The van der Waals surface area contributed by atoms with Crippen LogP contribution in [-0.2, 0) is 4.79 Å². The van der Waals surface area contributed by atoms with Crippen LogP contribution in [0.2, 0.25) is 0 Å². The molecule has 1 unspecified atom stereocenters. The van der Waals surface area contributed by atoms with Crippen LogP contribution < -0.4 is 5.32 Å². The topological polar surface area (TPSA) is 66.4 Å². The third-order valence-electron chi connectivity index (χ3n) is 4.72. The quantitative estimate of drug-likeness (QED) is 0.854.